The van der Waals surface area contributed by atoms with E-state index in [-0.39, 0.29) is 11.4 Å². The van der Waals surface area contributed by atoms with Crippen LogP contribution in [0.2, 0.25) is 0 Å². The molecule has 0 amide bonds. The van der Waals surface area contributed by atoms with Gasteiger partial charge in [0.25, 0.3) is 0 Å². The first-order valence-electron chi connectivity index (χ1n) is 7.39. The third-order valence-corrected chi connectivity index (χ3v) is 4.87. The summed E-state index contributed by atoms with van der Waals surface area (Å²) in [4.78, 5) is 11.9. The first-order chi connectivity index (χ1) is 9.45. The summed E-state index contributed by atoms with van der Waals surface area (Å²) in [6, 6.07) is 8.21. The number of esters is 1. The SMILES string of the molecule is COC(=O)C(C)(C)[C@H]1CC[C@H](c2ccc(N)cc2)CC1. The maximum absolute atomic E-state index is 11.9. The molecule has 20 heavy (non-hydrogen) atoms. The molecular weight excluding hydrogens is 250 g/mol. The molecule has 1 fully saturated rings. The minimum Gasteiger partial charge on any atom is -0.469 e. The van der Waals surface area contributed by atoms with Crippen LogP contribution < -0.4 is 5.73 Å². The van der Waals surface area contributed by atoms with Crippen molar-refractivity contribution in [1.82, 2.24) is 0 Å². The number of hydrogen-bond acceptors (Lipinski definition) is 3. The van der Waals surface area contributed by atoms with E-state index in [4.69, 9.17) is 10.5 Å². The smallest absolute Gasteiger partial charge is 0.311 e. The topological polar surface area (TPSA) is 52.3 Å². The average molecular weight is 275 g/mol. The highest BCUT2D eigenvalue weighted by Gasteiger charge is 2.39. The van der Waals surface area contributed by atoms with Gasteiger partial charge in [-0.05, 0) is 69.1 Å². The van der Waals surface area contributed by atoms with Crippen LogP contribution in [0.15, 0.2) is 24.3 Å². The Morgan fingerprint density at radius 1 is 1.15 bits per heavy atom. The molecule has 1 aromatic carbocycles. The van der Waals surface area contributed by atoms with E-state index in [2.05, 4.69) is 12.1 Å². The molecule has 0 spiro atoms. The molecule has 0 bridgehead atoms. The number of methoxy groups -OCH3 is 1. The highest BCUT2D eigenvalue weighted by molar-refractivity contribution is 5.76. The fourth-order valence-corrected chi connectivity index (χ4v) is 3.35. The summed E-state index contributed by atoms with van der Waals surface area (Å²) in [6.45, 7) is 4.01. The van der Waals surface area contributed by atoms with E-state index >= 15 is 0 Å². The van der Waals surface area contributed by atoms with E-state index in [1.165, 1.54) is 12.7 Å². The number of hydrogen-bond donors (Lipinski definition) is 1. The maximum atomic E-state index is 11.9. The first-order valence-corrected chi connectivity index (χ1v) is 7.39. The van der Waals surface area contributed by atoms with E-state index in [0.717, 1.165) is 31.4 Å². The van der Waals surface area contributed by atoms with Gasteiger partial charge in [-0.15, -0.1) is 0 Å². The molecule has 1 aromatic rings. The summed E-state index contributed by atoms with van der Waals surface area (Å²) >= 11 is 0. The minimum atomic E-state index is -0.374. The van der Waals surface area contributed by atoms with Crippen LogP contribution in [0.5, 0.6) is 0 Å². The molecule has 110 valence electrons. The quantitative estimate of drug-likeness (QED) is 0.675. The zero-order chi connectivity index (χ0) is 14.8. The zero-order valence-corrected chi connectivity index (χ0v) is 12.7. The van der Waals surface area contributed by atoms with Crippen molar-refractivity contribution in [3.05, 3.63) is 29.8 Å². The third kappa shape index (κ3) is 2.97. The maximum Gasteiger partial charge on any atom is 0.311 e. The third-order valence-electron chi connectivity index (χ3n) is 4.87. The highest BCUT2D eigenvalue weighted by atomic mass is 16.5. The summed E-state index contributed by atoms with van der Waals surface area (Å²) in [5.41, 5.74) is 7.54. The second-order valence-corrected chi connectivity index (χ2v) is 6.43. The molecule has 2 N–H and O–H groups in total. The first kappa shape index (κ1) is 14.9. The Morgan fingerprint density at radius 2 is 1.70 bits per heavy atom. The van der Waals surface area contributed by atoms with Crippen molar-refractivity contribution in [3.63, 3.8) is 0 Å². The number of carbonyl (C=O) groups excluding carboxylic acids is 1. The summed E-state index contributed by atoms with van der Waals surface area (Å²) in [7, 11) is 1.48. The molecule has 3 nitrogen and oxygen atoms in total. The van der Waals surface area contributed by atoms with Crippen LogP contribution in [-0.4, -0.2) is 13.1 Å². The van der Waals surface area contributed by atoms with Crippen molar-refractivity contribution in [3.8, 4) is 0 Å². The van der Waals surface area contributed by atoms with Crippen LogP contribution >= 0.6 is 0 Å². The van der Waals surface area contributed by atoms with Crippen LogP contribution in [0.3, 0.4) is 0 Å². The summed E-state index contributed by atoms with van der Waals surface area (Å²) in [5.74, 6) is 0.925. The Hall–Kier alpha value is -1.51. The molecule has 0 aliphatic heterocycles. The van der Waals surface area contributed by atoms with E-state index < -0.39 is 0 Å². The Morgan fingerprint density at radius 3 is 2.20 bits per heavy atom. The molecule has 0 heterocycles. The van der Waals surface area contributed by atoms with E-state index in [1.807, 2.05) is 26.0 Å². The Labute approximate surface area is 121 Å². The van der Waals surface area contributed by atoms with Gasteiger partial charge in [0.15, 0.2) is 0 Å². The lowest BCUT2D eigenvalue weighted by atomic mass is 9.67. The predicted octanol–water partition coefficient (Wildman–Crippen LogP) is 3.74. The largest absolute Gasteiger partial charge is 0.469 e. The van der Waals surface area contributed by atoms with Gasteiger partial charge in [-0.2, -0.15) is 0 Å². The van der Waals surface area contributed by atoms with Crippen molar-refractivity contribution in [2.75, 3.05) is 12.8 Å². The molecule has 1 aliphatic rings. The zero-order valence-electron chi connectivity index (χ0n) is 12.7. The van der Waals surface area contributed by atoms with Crippen LogP contribution in [0.4, 0.5) is 5.69 Å². The van der Waals surface area contributed by atoms with Gasteiger partial charge in [0.05, 0.1) is 12.5 Å². The highest BCUT2D eigenvalue weighted by Crippen LogP contribution is 2.44. The number of ether oxygens (including phenoxy) is 1. The van der Waals surface area contributed by atoms with E-state index in [9.17, 15) is 4.79 Å². The van der Waals surface area contributed by atoms with Gasteiger partial charge < -0.3 is 10.5 Å². The van der Waals surface area contributed by atoms with Crippen molar-refractivity contribution < 1.29 is 9.53 Å². The number of nitrogens with two attached hydrogens (primary N) is 1. The van der Waals surface area contributed by atoms with E-state index in [0.29, 0.717) is 11.8 Å². The summed E-state index contributed by atoms with van der Waals surface area (Å²) in [6.07, 6.45) is 4.43. The average Bonchev–Trinajstić information content (AvgIpc) is 2.47. The van der Waals surface area contributed by atoms with E-state index in [1.54, 1.807) is 0 Å². The molecule has 0 saturated heterocycles. The van der Waals surface area contributed by atoms with Gasteiger partial charge in [0.2, 0.25) is 0 Å². The molecule has 1 saturated carbocycles. The summed E-state index contributed by atoms with van der Waals surface area (Å²) < 4.78 is 4.94. The number of carbonyl (C=O) groups is 1. The lowest BCUT2D eigenvalue weighted by molar-refractivity contribution is -0.154. The van der Waals surface area contributed by atoms with Gasteiger partial charge >= 0.3 is 5.97 Å². The van der Waals surface area contributed by atoms with Crippen molar-refractivity contribution in [2.24, 2.45) is 11.3 Å². The fourth-order valence-electron chi connectivity index (χ4n) is 3.35. The Bertz CT molecular complexity index is 456. The number of anilines is 1. The minimum absolute atomic E-state index is 0.0894. The molecule has 2 rings (SSSR count). The normalized spacial score (nSPS) is 23.4. The Kier molecular flexibility index (Phi) is 4.36. The number of rotatable bonds is 3. The molecule has 1 aliphatic carbocycles. The molecule has 0 aromatic heterocycles. The lowest BCUT2D eigenvalue weighted by Gasteiger charge is -2.37. The fraction of sp³-hybridized carbons (Fsp3) is 0.588. The number of benzene rings is 1. The second kappa shape index (κ2) is 5.86. The Balaban J connectivity index is 1.99. The number of nitrogen functional groups attached to an aromatic ring is 1. The van der Waals surface area contributed by atoms with Crippen molar-refractivity contribution in [1.29, 1.82) is 0 Å². The predicted molar refractivity (Wildman–Crippen MR) is 81.4 cm³/mol. The van der Waals surface area contributed by atoms with Crippen LogP contribution in [0.25, 0.3) is 0 Å². The van der Waals surface area contributed by atoms with Gasteiger partial charge in [0, 0.05) is 5.69 Å². The van der Waals surface area contributed by atoms with Crippen molar-refractivity contribution in [2.45, 2.75) is 45.4 Å². The van der Waals surface area contributed by atoms with Crippen LogP contribution in [0, 0.1) is 11.3 Å². The lowest BCUT2D eigenvalue weighted by Crippen LogP contribution is -2.36. The van der Waals surface area contributed by atoms with Crippen LogP contribution in [0.1, 0.15) is 51.0 Å². The standard InChI is InChI=1S/C17H25NO2/c1-17(2,16(19)20-3)14-8-4-12(5-9-14)13-6-10-15(18)11-7-13/h6-7,10-12,14H,4-5,8-9,18H2,1-3H3/t12-,14-. The van der Waals surface area contributed by atoms with Gasteiger partial charge in [-0.25, -0.2) is 0 Å². The molecule has 3 heteroatoms. The second-order valence-electron chi connectivity index (χ2n) is 6.43. The molecule has 0 radical (unpaired) electrons. The van der Waals surface area contributed by atoms with Crippen molar-refractivity contribution >= 4 is 11.7 Å². The summed E-state index contributed by atoms with van der Waals surface area (Å²) in [5, 5.41) is 0. The van der Waals surface area contributed by atoms with Gasteiger partial charge in [-0.3, -0.25) is 4.79 Å². The molecule has 0 unspecified atom stereocenters. The molecular formula is C17H25NO2. The van der Waals surface area contributed by atoms with Gasteiger partial charge in [-0.1, -0.05) is 12.1 Å². The van der Waals surface area contributed by atoms with Crippen LogP contribution in [-0.2, 0) is 9.53 Å². The van der Waals surface area contributed by atoms with Gasteiger partial charge in [0.1, 0.15) is 0 Å². The molecule has 0 atom stereocenters. The monoisotopic (exact) mass is 275 g/mol.